The van der Waals surface area contributed by atoms with E-state index < -0.39 is 11.9 Å². The van der Waals surface area contributed by atoms with Crippen molar-refractivity contribution in [2.24, 2.45) is 9.98 Å². The molecule has 3 aromatic carbocycles. The summed E-state index contributed by atoms with van der Waals surface area (Å²) in [5, 5.41) is 1.49. The van der Waals surface area contributed by atoms with Gasteiger partial charge in [0.05, 0.1) is 11.4 Å². The minimum absolute atomic E-state index is 0.0663. The second-order valence-electron chi connectivity index (χ2n) is 8.34. The number of aromatic amines is 1. The summed E-state index contributed by atoms with van der Waals surface area (Å²) in [5.41, 5.74) is 3.95. The molecule has 6 rings (SSSR count). The lowest BCUT2D eigenvalue weighted by Gasteiger charge is -2.25. The van der Waals surface area contributed by atoms with Crippen LogP contribution in [0.3, 0.4) is 0 Å². The highest BCUT2D eigenvalue weighted by Crippen LogP contribution is 2.34. The number of halogens is 1. The Morgan fingerprint density at radius 1 is 1.03 bits per heavy atom. The Bertz CT molecular complexity index is 1540. The Morgan fingerprint density at radius 3 is 2.66 bits per heavy atom. The predicted molar refractivity (Wildman–Crippen MR) is 136 cm³/mol. The number of carbonyl (C=O) groups excluding carboxylic acids is 2. The molecule has 1 unspecified atom stereocenters. The van der Waals surface area contributed by atoms with Gasteiger partial charge in [0.1, 0.15) is 17.7 Å². The standard InChI is InChI=1S/C27H19FN4O2S/c28-18-11-9-16(10-12-18)24(33)15-35-27-31-22-8-4-2-6-20(22)25-30-23(26(34)32(25)27)13-17-14-29-21-7-3-1-5-19(17)21/h1-12,14,23,29H,13,15H2. The molecule has 0 radical (unpaired) electrons. The van der Waals surface area contributed by atoms with Crippen LogP contribution >= 0.6 is 11.8 Å². The van der Waals surface area contributed by atoms with Crippen LogP contribution in [-0.2, 0) is 11.2 Å². The summed E-state index contributed by atoms with van der Waals surface area (Å²) in [5.74, 6) is -0.108. The Labute approximate surface area is 204 Å². The van der Waals surface area contributed by atoms with E-state index >= 15 is 0 Å². The van der Waals surface area contributed by atoms with Crippen molar-refractivity contribution in [2.45, 2.75) is 12.5 Å². The third kappa shape index (κ3) is 3.85. The first-order chi connectivity index (χ1) is 17.1. The van der Waals surface area contributed by atoms with Gasteiger partial charge in [-0.15, -0.1) is 0 Å². The van der Waals surface area contributed by atoms with E-state index in [0.29, 0.717) is 28.7 Å². The second-order valence-corrected chi connectivity index (χ2v) is 9.28. The molecule has 2 aliphatic rings. The van der Waals surface area contributed by atoms with E-state index in [0.717, 1.165) is 22.0 Å². The molecular weight excluding hydrogens is 463 g/mol. The van der Waals surface area contributed by atoms with Crippen molar-refractivity contribution in [3.8, 4) is 0 Å². The number of benzene rings is 3. The minimum atomic E-state index is -0.589. The smallest absolute Gasteiger partial charge is 0.259 e. The van der Waals surface area contributed by atoms with E-state index in [4.69, 9.17) is 4.99 Å². The normalized spacial score (nSPS) is 16.7. The summed E-state index contributed by atoms with van der Waals surface area (Å²) in [6, 6.07) is 20.4. The lowest BCUT2D eigenvalue weighted by molar-refractivity contribution is -0.124. The molecule has 4 aromatic rings. The number of rotatable bonds is 5. The van der Waals surface area contributed by atoms with Crippen molar-refractivity contribution in [3.05, 3.63) is 102 Å². The van der Waals surface area contributed by atoms with Gasteiger partial charge in [0.2, 0.25) is 0 Å². The van der Waals surface area contributed by atoms with Crippen LogP contribution in [0.2, 0.25) is 0 Å². The molecule has 172 valence electrons. The van der Waals surface area contributed by atoms with Gasteiger partial charge in [-0.25, -0.2) is 14.3 Å². The fourth-order valence-electron chi connectivity index (χ4n) is 4.39. The molecule has 1 amide bonds. The lowest BCUT2D eigenvalue weighted by Crippen LogP contribution is -2.41. The molecule has 0 bridgehead atoms. The molecule has 3 heterocycles. The molecule has 0 fully saturated rings. The third-order valence-corrected chi connectivity index (χ3v) is 7.07. The van der Waals surface area contributed by atoms with Crippen molar-refractivity contribution in [1.29, 1.82) is 0 Å². The summed E-state index contributed by atoms with van der Waals surface area (Å²) >= 11 is 1.19. The average Bonchev–Trinajstić information content (AvgIpc) is 3.44. The maximum absolute atomic E-state index is 13.6. The molecule has 1 aromatic heterocycles. The summed E-state index contributed by atoms with van der Waals surface area (Å²) < 4.78 is 13.2. The van der Waals surface area contributed by atoms with E-state index in [2.05, 4.69) is 9.98 Å². The molecule has 2 aliphatic heterocycles. The van der Waals surface area contributed by atoms with Crippen LogP contribution in [0, 0.1) is 5.82 Å². The van der Waals surface area contributed by atoms with Crippen LogP contribution in [0.1, 0.15) is 21.5 Å². The molecule has 35 heavy (non-hydrogen) atoms. The van der Waals surface area contributed by atoms with Crippen molar-refractivity contribution in [2.75, 3.05) is 5.75 Å². The van der Waals surface area contributed by atoms with Crippen LogP contribution < -0.4 is 0 Å². The number of nitrogens with zero attached hydrogens (tertiary/aromatic N) is 3. The fourth-order valence-corrected chi connectivity index (χ4v) is 5.29. The van der Waals surface area contributed by atoms with Crippen LogP contribution in [0.5, 0.6) is 0 Å². The second kappa shape index (κ2) is 8.63. The highest BCUT2D eigenvalue weighted by Gasteiger charge is 2.41. The summed E-state index contributed by atoms with van der Waals surface area (Å²) in [7, 11) is 0. The summed E-state index contributed by atoms with van der Waals surface area (Å²) in [6.07, 6.45) is 2.38. The van der Waals surface area contributed by atoms with Crippen molar-refractivity contribution in [3.63, 3.8) is 0 Å². The number of ketones is 1. The Kier molecular flexibility index (Phi) is 5.30. The van der Waals surface area contributed by atoms with Gasteiger partial charge >= 0.3 is 0 Å². The van der Waals surface area contributed by atoms with Crippen LogP contribution in [-0.4, -0.2) is 44.4 Å². The number of para-hydroxylation sites is 2. The molecule has 6 nitrogen and oxygen atoms in total. The highest BCUT2D eigenvalue weighted by molar-refractivity contribution is 8.14. The number of H-pyrrole nitrogens is 1. The molecule has 0 saturated heterocycles. The lowest BCUT2D eigenvalue weighted by atomic mass is 10.1. The van der Waals surface area contributed by atoms with E-state index in [-0.39, 0.29) is 17.4 Å². The first-order valence-corrected chi connectivity index (χ1v) is 12.1. The molecule has 0 aliphatic carbocycles. The number of hydrogen-bond acceptors (Lipinski definition) is 5. The number of hydrogen-bond donors (Lipinski definition) is 1. The molecular formula is C27H19FN4O2S. The molecule has 1 N–H and O–H groups in total. The zero-order valence-corrected chi connectivity index (χ0v) is 19.3. The Hall–Kier alpha value is -4.04. The zero-order valence-electron chi connectivity index (χ0n) is 18.4. The molecule has 0 saturated carbocycles. The predicted octanol–water partition coefficient (Wildman–Crippen LogP) is 5.12. The summed E-state index contributed by atoms with van der Waals surface area (Å²) in [4.78, 5) is 40.5. The van der Waals surface area contributed by atoms with Gasteiger partial charge in [-0.3, -0.25) is 14.6 Å². The maximum atomic E-state index is 13.6. The SMILES string of the molecule is O=C(CSC1=Nc2ccccc2C2=NC(Cc3c[nH]c4ccccc34)C(=O)N12)c1ccc(F)cc1. The number of aliphatic imine (C=N–C) groups is 2. The van der Waals surface area contributed by atoms with E-state index in [1.165, 1.54) is 40.9 Å². The molecule has 8 heteroatoms. The zero-order chi connectivity index (χ0) is 23.9. The highest BCUT2D eigenvalue weighted by atomic mass is 32.2. The quantitative estimate of drug-likeness (QED) is 0.401. The Morgan fingerprint density at radius 2 is 1.80 bits per heavy atom. The van der Waals surface area contributed by atoms with Crippen LogP contribution in [0.25, 0.3) is 10.9 Å². The minimum Gasteiger partial charge on any atom is -0.361 e. The topological polar surface area (TPSA) is 77.9 Å². The number of thioether (sulfide) groups is 1. The average molecular weight is 483 g/mol. The number of fused-ring (bicyclic) bond motifs is 4. The third-order valence-electron chi connectivity index (χ3n) is 6.13. The van der Waals surface area contributed by atoms with Crippen LogP contribution in [0.4, 0.5) is 10.1 Å². The fraction of sp³-hybridized carbons (Fsp3) is 0.111. The number of amidine groups is 2. The van der Waals surface area contributed by atoms with Gasteiger partial charge in [0.25, 0.3) is 5.91 Å². The number of amides is 1. The van der Waals surface area contributed by atoms with Gasteiger partial charge < -0.3 is 4.98 Å². The Balaban J connectivity index is 1.29. The van der Waals surface area contributed by atoms with Crippen molar-refractivity contribution in [1.82, 2.24) is 9.88 Å². The number of carbonyl (C=O) groups is 2. The van der Waals surface area contributed by atoms with E-state index in [1.54, 1.807) is 0 Å². The van der Waals surface area contributed by atoms with Crippen molar-refractivity contribution < 1.29 is 14.0 Å². The molecule has 1 atom stereocenters. The van der Waals surface area contributed by atoms with E-state index in [9.17, 15) is 14.0 Å². The van der Waals surface area contributed by atoms with Gasteiger partial charge in [-0.1, -0.05) is 42.1 Å². The maximum Gasteiger partial charge on any atom is 0.259 e. The largest absolute Gasteiger partial charge is 0.361 e. The number of nitrogens with one attached hydrogen (secondary N) is 1. The van der Waals surface area contributed by atoms with Gasteiger partial charge in [-0.2, -0.15) is 0 Å². The summed E-state index contributed by atoms with van der Waals surface area (Å²) in [6.45, 7) is 0. The monoisotopic (exact) mass is 482 g/mol. The van der Waals surface area contributed by atoms with Crippen LogP contribution in [0.15, 0.2) is 89.0 Å². The first-order valence-electron chi connectivity index (χ1n) is 11.1. The van der Waals surface area contributed by atoms with Gasteiger partial charge in [0, 0.05) is 34.6 Å². The number of Topliss-reactive ketones (excluding diaryl/α,β-unsaturated/α-hetero) is 1. The number of aromatic nitrogens is 1. The van der Waals surface area contributed by atoms with Gasteiger partial charge in [0.15, 0.2) is 11.0 Å². The molecule has 0 spiro atoms. The first kappa shape index (κ1) is 21.5. The van der Waals surface area contributed by atoms with Crippen molar-refractivity contribution >= 4 is 51.0 Å². The van der Waals surface area contributed by atoms with E-state index in [1.807, 2.05) is 54.7 Å². The van der Waals surface area contributed by atoms with Gasteiger partial charge in [-0.05, 0) is 48.0 Å².